The van der Waals surface area contributed by atoms with Gasteiger partial charge in [-0.25, -0.2) is 4.98 Å². The third-order valence-electron chi connectivity index (χ3n) is 4.82. The molecule has 152 valence electrons. The molecule has 3 aromatic heterocycles. The smallest absolute Gasteiger partial charge is 0.246 e. The number of aromatic nitrogens is 2. The molecular weight excluding hydrogens is 394 g/mol. The van der Waals surface area contributed by atoms with E-state index in [4.69, 9.17) is 4.74 Å². The Morgan fingerprint density at radius 2 is 2.03 bits per heavy atom. The lowest BCUT2D eigenvalue weighted by atomic mass is 10.2. The number of aryl methyl sites for hydroxylation is 1. The maximum Gasteiger partial charge on any atom is 0.246 e. The summed E-state index contributed by atoms with van der Waals surface area (Å²) in [6.07, 6.45) is 7.36. The summed E-state index contributed by atoms with van der Waals surface area (Å²) < 4.78 is 7.81. The van der Waals surface area contributed by atoms with Gasteiger partial charge in [0, 0.05) is 30.4 Å². The summed E-state index contributed by atoms with van der Waals surface area (Å²) in [4.78, 5) is 19.8. The van der Waals surface area contributed by atoms with Crippen LogP contribution in [0, 0.1) is 6.92 Å². The SMILES string of the molecule is Cc1ccsc1CN(C)C(=O)/C=C/c1ccc(OCc2cn3ccccc3n2)cc1. The van der Waals surface area contributed by atoms with Crippen LogP contribution in [0.5, 0.6) is 5.75 Å². The van der Waals surface area contributed by atoms with Crippen molar-refractivity contribution in [2.75, 3.05) is 7.05 Å². The maximum atomic E-state index is 12.4. The number of imidazole rings is 1. The molecule has 0 saturated heterocycles. The van der Waals surface area contributed by atoms with Crippen molar-refractivity contribution in [1.82, 2.24) is 14.3 Å². The fourth-order valence-electron chi connectivity index (χ4n) is 3.04. The number of rotatable bonds is 7. The number of hydrogen-bond donors (Lipinski definition) is 0. The quantitative estimate of drug-likeness (QED) is 0.400. The molecule has 0 aliphatic rings. The summed E-state index contributed by atoms with van der Waals surface area (Å²) >= 11 is 1.68. The van der Waals surface area contributed by atoms with Gasteiger partial charge in [0.25, 0.3) is 0 Å². The number of likely N-dealkylation sites (N-methyl/N-ethyl adjacent to an activating group) is 1. The van der Waals surface area contributed by atoms with E-state index in [1.54, 1.807) is 22.3 Å². The number of carbonyl (C=O) groups excluding carboxylic acids is 1. The lowest BCUT2D eigenvalue weighted by molar-refractivity contribution is -0.125. The first-order valence-corrected chi connectivity index (χ1v) is 10.6. The van der Waals surface area contributed by atoms with Crippen LogP contribution >= 0.6 is 11.3 Å². The van der Waals surface area contributed by atoms with Crippen molar-refractivity contribution in [3.63, 3.8) is 0 Å². The molecule has 0 spiro atoms. The fourth-order valence-corrected chi connectivity index (χ4v) is 4.00. The Kier molecular flexibility index (Phi) is 5.95. The van der Waals surface area contributed by atoms with Crippen molar-refractivity contribution in [1.29, 1.82) is 0 Å². The Morgan fingerprint density at radius 3 is 2.77 bits per heavy atom. The van der Waals surface area contributed by atoms with Gasteiger partial charge in [-0.1, -0.05) is 18.2 Å². The maximum absolute atomic E-state index is 12.4. The molecule has 3 heterocycles. The summed E-state index contributed by atoms with van der Waals surface area (Å²) in [5, 5.41) is 2.05. The first kappa shape index (κ1) is 19.9. The highest BCUT2D eigenvalue weighted by Crippen LogP contribution is 2.18. The van der Waals surface area contributed by atoms with E-state index in [-0.39, 0.29) is 5.91 Å². The van der Waals surface area contributed by atoms with Gasteiger partial charge in [0.15, 0.2) is 0 Å². The number of carbonyl (C=O) groups is 1. The van der Waals surface area contributed by atoms with Gasteiger partial charge in [0.2, 0.25) is 5.91 Å². The average Bonchev–Trinajstić information content (AvgIpc) is 3.36. The van der Waals surface area contributed by atoms with Crippen LogP contribution in [0.2, 0.25) is 0 Å². The van der Waals surface area contributed by atoms with Gasteiger partial charge in [-0.3, -0.25) is 4.79 Å². The van der Waals surface area contributed by atoms with E-state index in [0.29, 0.717) is 13.2 Å². The average molecular weight is 418 g/mol. The van der Waals surface area contributed by atoms with Crippen molar-refractivity contribution in [3.8, 4) is 5.75 Å². The zero-order chi connectivity index (χ0) is 20.9. The van der Waals surface area contributed by atoms with E-state index >= 15 is 0 Å². The van der Waals surface area contributed by atoms with Gasteiger partial charge < -0.3 is 14.0 Å². The van der Waals surface area contributed by atoms with E-state index in [1.807, 2.05) is 72.4 Å². The van der Waals surface area contributed by atoms with Gasteiger partial charge >= 0.3 is 0 Å². The second-order valence-corrected chi connectivity index (χ2v) is 8.11. The van der Waals surface area contributed by atoms with Crippen LogP contribution in [-0.4, -0.2) is 27.2 Å². The molecule has 1 aromatic carbocycles. The molecule has 0 unspecified atom stereocenters. The first-order chi connectivity index (χ1) is 14.6. The lowest BCUT2D eigenvalue weighted by Gasteiger charge is -2.14. The Labute approximate surface area is 179 Å². The summed E-state index contributed by atoms with van der Waals surface area (Å²) in [5.74, 6) is 0.746. The van der Waals surface area contributed by atoms with Crippen molar-refractivity contribution in [2.24, 2.45) is 0 Å². The molecule has 0 saturated carbocycles. The number of hydrogen-bond acceptors (Lipinski definition) is 4. The standard InChI is InChI=1S/C24H23N3O2S/c1-18-12-14-30-22(18)16-26(2)24(28)11-8-19-6-9-21(10-7-19)29-17-20-15-27-13-4-3-5-23(27)25-20/h3-15H,16-17H2,1-2H3/b11-8+. The molecule has 0 radical (unpaired) electrons. The molecule has 0 aliphatic carbocycles. The third-order valence-corrected chi connectivity index (χ3v) is 5.83. The van der Waals surface area contributed by atoms with Crippen molar-refractivity contribution in [3.05, 3.63) is 94.1 Å². The Balaban J connectivity index is 1.31. The minimum atomic E-state index is -0.0185. The van der Waals surface area contributed by atoms with E-state index < -0.39 is 0 Å². The number of nitrogens with zero attached hydrogens (tertiary/aromatic N) is 3. The first-order valence-electron chi connectivity index (χ1n) is 9.70. The highest BCUT2D eigenvalue weighted by atomic mass is 32.1. The van der Waals surface area contributed by atoms with Crippen LogP contribution in [-0.2, 0) is 17.9 Å². The van der Waals surface area contributed by atoms with Crippen LogP contribution in [0.25, 0.3) is 11.7 Å². The molecule has 4 rings (SSSR count). The van der Waals surface area contributed by atoms with Gasteiger partial charge in [0.05, 0.1) is 12.2 Å². The zero-order valence-electron chi connectivity index (χ0n) is 17.0. The monoisotopic (exact) mass is 417 g/mol. The minimum Gasteiger partial charge on any atom is -0.487 e. The van der Waals surface area contributed by atoms with Gasteiger partial charge in [-0.05, 0) is 59.8 Å². The molecule has 4 aromatic rings. The third kappa shape index (κ3) is 4.78. The topological polar surface area (TPSA) is 46.8 Å². The van der Waals surface area contributed by atoms with E-state index in [0.717, 1.165) is 22.7 Å². The Bertz CT molecular complexity index is 1140. The molecule has 0 atom stereocenters. The number of benzene rings is 1. The van der Waals surface area contributed by atoms with Crippen LogP contribution < -0.4 is 4.74 Å². The van der Waals surface area contributed by atoms with E-state index in [2.05, 4.69) is 23.4 Å². The lowest BCUT2D eigenvalue weighted by Crippen LogP contribution is -2.23. The molecular formula is C24H23N3O2S. The summed E-state index contributed by atoms with van der Waals surface area (Å²) in [5.41, 5.74) is 3.95. The molecule has 1 amide bonds. The molecule has 0 bridgehead atoms. The molecule has 0 aliphatic heterocycles. The normalized spacial score (nSPS) is 11.3. The van der Waals surface area contributed by atoms with Gasteiger partial charge in [-0.15, -0.1) is 11.3 Å². The number of fused-ring (bicyclic) bond motifs is 1. The summed E-state index contributed by atoms with van der Waals surface area (Å²) in [6, 6.07) is 15.6. The largest absolute Gasteiger partial charge is 0.487 e. The molecule has 0 N–H and O–H groups in total. The van der Waals surface area contributed by atoms with Crippen LogP contribution in [0.1, 0.15) is 21.7 Å². The zero-order valence-corrected chi connectivity index (χ0v) is 17.8. The number of thiophene rings is 1. The summed E-state index contributed by atoms with van der Waals surface area (Å²) in [7, 11) is 1.82. The molecule has 30 heavy (non-hydrogen) atoms. The molecule has 5 nitrogen and oxygen atoms in total. The molecule has 6 heteroatoms. The number of amides is 1. The Morgan fingerprint density at radius 1 is 1.20 bits per heavy atom. The van der Waals surface area contributed by atoms with Crippen LogP contribution in [0.3, 0.4) is 0 Å². The van der Waals surface area contributed by atoms with Crippen molar-refractivity contribution < 1.29 is 9.53 Å². The minimum absolute atomic E-state index is 0.0185. The van der Waals surface area contributed by atoms with Gasteiger partial charge in [-0.2, -0.15) is 0 Å². The Hall–Kier alpha value is -3.38. The number of pyridine rings is 1. The van der Waals surface area contributed by atoms with Crippen LogP contribution in [0.15, 0.2) is 72.4 Å². The fraction of sp³-hybridized carbons (Fsp3) is 0.167. The predicted molar refractivity (Wildman–Crippen MR) is 121 cm³/mol. The predicted octanol–water partition coefficient (Wildman–Crippen LogP) is 4.96. The highest BCUT2D eigenvalue weighted by molar-refractivity contribution is 7.10. The number of ether oxygens (including phenoxy) is 1. The van der Waals surface area contributed by atoms with Crippen molar-refractivity contribution >= 4 is 29.0 Å². The summed E-state index contributed by atoms with van der Waals surface area (Å²) in [6.45, 7) is 3.10. The molecule has 0 fully saturated rings. The second-order valence-electron chi connectivity index (χ2n) is 7.11. The second kappa shape index (κ2) is 8.97. The van der Waals surface area contributed by atoms with E-state index in [1.165, 1.54) is 10.4 Å². The van der Waals surface area contributed by atoms with Crippen LogP contribution in [0.4, 0.5) is 0 Å². The van der Waals surface area contributed by atoms with Crippen molar-refractivity contribution in [2.45, 2.75) is 20.1 Å². The highest BCUT2D eigenvalue weighted by Gasteiger charge is 2.08. The van der Waals surface area contributed by atoms with Gasteiger partial charge in [0.1, 0.15) is 18.0 Å². The van der Waals surface area contributed by atoms with E-state index in [9.17, 15) is 4.79 Å².